The number of piperidine rings is 1. The molecule has 0 bridgehead atoms. The molecule has 1 aliphatic rings. The van der Waals surface area contributed by atoms with Crippen molar-refractivity contribution >= 4 is 5.96 Å². The van der Waals surface area contributed by atoms with Crippen LogP contribution in [0.15, 0.2) is 4.99 Å². The highest BCUT2D eigenvalue weighted by molar-refractivity contribution is 5.80. The van der Waals surface area contributed by atoms with Crippen LogP contribution >= 0.6 is 0 Å². The Balaban J connectivity index is 2.48. The minimum absolute atomic E-state index is 0.190. The Morgan fingerprint density at radius 3 is 2.63 bits per heavy atom. The first kappa shape index (κ1) is 16.2. The first-order valence-corrected chi connectivity index (χ1v) is 7.46. The molecule has 1 heterocycles. The molecule has 0 radical (unpaired) electrons. The van der Waals surface area contributed by atoms with Gasteiger partial charge in [-0.2, -0.15) is 0 Å². The number of aliphatic imine (C=N–C) groups is 1. The SMILES string of the molecule is CCNC(=NCC(C)CO)N1CCC(OCC)CC1. The lowest BCUT2D eigenvalue weighted by Gasteiger charge is -2.34. The summed E-state index contributed by atoms with van der Waals surface area (Å²) in [5.41, 5.74) is 0. The second kappa shape index (κ2) is 9.15. The number of nitrogens with one attached hydrogen (secondary N) is 1. The normalized spacial score (nSPS) is 19.6. The lowest BCUT2D eigenvalue weighted by atomic mass is 10.1. The molecule has 0 aromatic heterocycles. The van der Waals surface area contributed by atoms with E-state index in [9.17, 15) is 0 Å². The lowest BCUT2D eigenvalue weighted by Crippen LogP contribution is -2.47. The van der Waals surface area contributed by atoms with E-state index in [1.807, 2.05) is 13.8 Å². The zero-order chi connectivity index (χ0) is 14.1. The highest BCUT2D eigenvalue weighted by atomic mass is 16.5. The Kier molecular flexibility index (Phi) is 7.82. The maximum Gasteiger partial charge on any atom is 0.193 e. The summed E-state index contributed by atoms with van der Waals surface area (Å²) in [6.07, 6.45) is 2.53. The number of ether oxygens (including phenoxy) is 1. The number of aliphatic hydroxyl groups is 1. The van der Waals surface area contributed by atoms with E-state index in [1.54, 1.807) is 0 Å². The topological polar surface area (TPSA) is 57.1 Å². The van der Waals surface area contributed by atoms with E-state index in [-0.39, 0.29) is 12.5 Å². The molecule has 0 aromatic carbocycles. The smallest absolute Gasteiger partial charge is 0.193 e. The van der Waals surface area contributed by atoms with Crippen molar-refractivity contribution < 1.29 is 9.84 Å². The molecular formula is C14H29N3O2. The number of aliphatic hydroxyl groups excluding tert-OH is 1. The molecule has 0 amide bonds. The van der Waals surface area contributed by atoms with Crippen molar-refractivity contribution in [3.8, 4) is 0 Å². The van der Waals surface area contributed by atoms with Gasteiger partial charge in [0.15, 0.2) is 5.96 Å². The zero-order valence-corrected chi connectivity index (χ0v) is 12.6. The molecular weight excluding hydrogens is 242 g/mol. The molecule has 1 unspecified atom stereocenters. The van der Waals surface area contributed by atoms with Crippen LogP contribution in [0.3, 0.4) is 0 Å². The molecule has 0 saturated carbocycles. The van der Waals surface area contributed by atoms with Crippen LogP contribution in [0, 0.1) is 5.92 Å². The molecule has 1 fully saturated rings. The average molecular weight is 271 g/mol. The third kappa shape index (κ3) is 5.78. The lowest BCUT2D eigenvalue weighted by molar-refractivity contribution is 0.0263. The van der Waals surface area contributed by atoms with Gasteiger partial charge in [-0.3, -0.25) is 4.99 Å². The van der Waals surface area contributed by atoms with Gasteiger partial charge in [-0.15, -0.1) is 0 Å². The van der Waals surface area contributed by atoms with Crippen LogP contribution in [0.25, 0.3) is 0 Å². The zero-order valence-electron chi connectivity index (χ0n) is 12.6. The largest absolute Gasteiger partial charge is 0.396 e. The van der Waals surface area contributed by atoms with Crippen LogP contribution in [-0.4, -0.2) is 61.5 Å². The summed E-state index contributed by atoms with van der Waals surface area (Å²) in [4.78, 5) is 6.90. The predicted molar refractivity (Wildman–Crippen MR) is 78.4 cm³/mol. The molecule has 112 valence electrons. The van der Waals surface area contributed by atoms with Gasteiger partial charge in [0, 0.05) is 39.4 Å². The minimum Gasteiger partial charge on any atom is -0.396 e. The maximum atomic E-state index is 9.06. The van der Waals surface area contributed by atoms with E-state index >= 15 is 0 Å². The third-order valence-electron chi connectivity index (χ3n) is 3.34. The number of nitrogens with zero attached hydrogens (tertiary/aromatic N) is 2. The van der Waals surface area contributed by atoms with Crippen molar-refractivity contribution in [1.82, 2.24) is 10.2 Å². The number of rotatable bonds is 6. The van der Waals surface area contributed by atoms with E-state index in [4.69, 9.17) is 9.84 Å². The van der Waals surface area contributed by atoms with Gasteiger partial charge in [0.05, 0.1) is 6.10 Å². The fourth-order valence-corrected chi connectivity index (χ4v) is 2.20. The van der Waals surface area contributed by atoms with E-state index in [2.05, 4.69) is 22.1 Å². The average Bonchev–Trinajstić information content (AvgIpc) is 2.44. The van der Waals surface area contributed by atoms with Gasteiger partial charge >= 0.3 is 0 Å². The molecule has 1 aliphatic heterocycles. The van der Waals surface area contributed by atoms with Gasteiger partial charge < -0.3 is 20.1 Å². The molecule has 1 saturated heterocycles. The summed E-state index contributed by atoms with van der Waals surface area (Å²) < 4.78 is 5.67. The molecule has 1 rings (SSSR count). The van der Waals surface area contributed by atoms with Gasteiger partial charge in [-0.25, -0.2) is 0 Å². The molecule has 5 nitrogen and oxygen atoms in total. The summed E-state index contributed by atoms with van der Waals surface area (Å²) in [5.74, 6) is 1.19. The minimum atomic E-state index is 0.190. The van der Waals surface area contributed by atoms with Crippen LogP contribution in [0.5, 0.6) is 0 Å². The number of likely N-dealkylation sites (tertiary alicyclic amines) is 1. The van der Waals surface area contributed by atoms with Crippen molar-refractivity contribution in [3.05, 3.63) is 0 Å². The Hall–Kier alpha value is -0.810. The monoisotopic (exact) mass is 271 g/mol. The molecule has 19 heavy (non-hydrogen) atoms. The Bertz CT molecular complexity index is 263. The Morgan fingerprint density at radius 2 is 2.11 bits per heavy atom. The predicted octanol–water partition coefficient (Wildman–Crippen LogP) is 1.08. The summed E-state index contributed by atoms with van der Waals surface area (Å²) in [6, 6.07) is 0. The van der Waals surface area contributed by atoms with Crippen molar-refractivity contribution in [2.75, 3.05) is 39.4 Å². The summed E-state index contributed by atoms with van der Waals surface area (Å²) in [5, 5.41) is 12.4. The standard InChI is InChI=1S/C14H29N3O2/c1-4-15-14(16-10-12(3)11-18)17-8-6-13(7-9-17)19-5-2/h12-13,18H,4-11H2,1-3H3,(H,15,16). The fourth-order valence-electron chi connectivity index (χ4n) is 2.20. The quantitative estimate of drug-likeness (QED) is 0.561. The molecule has 2 N–H and O–H groups in total. The van der Waals surface area contributed by atoms with E-state index in [1.165, 1.54) is 0 Å². The second-order valence-corrected chi connectivity index (χ2v) is 5.12. The Morgan fingerprint density at radius 1 is 1.42 bits per heavy atom. The first-order chi connectivity index (χ1) is 9.21. The molecule has 0 aliphatic carbocycles. The summed E-state index contributed by atoms with van der Waals surface area (Å²) in [6.45, 7) is 10.7. The van der Waals surface area contributed by atoms with Gasteiger partial charge in [-0.05, 0) is 32.6 Å². The van der Waals surface area contributed by atoms with E-state index in [0.717, 1.165) is 45.0 Å². The maximum absolute atomic E-state index is 9.06. The van der Waals surface area contributed by atoms with Crippen molar-refractivity contribution in [2.24, 2.45) is 10.9 Å². The van der Waals surface area contributed by atoms with Gasteiger partial charge in [0.2, 0.25) is 0 Å². The summed E-state index contributed by atoms with van der Waals surface area (Å²) >= 11 is 0. The molecule has 5 heteroatoms. The summed E-state index contributed by atoms with van der Waals surface area (Å²) in [7, 11) is 0. The van der Waals surface area contributed by atoms with Crippen molar-refractivity contribution in [1.29, 1.82) is 0 Å². The highest BCUT2D eigenvalue weighted by Gasteiger charge is 2.21. The number of hydrogen-bond acceptors (Lipinski definition) is 3. The van der Waals surface area contributed by atoms with Gasteiger partial charge in [0.1, 0.15) is 0 Å². The highest BCUT2D eigenvalue weighted by Crippen LogP contribution is 2.13. The van der Waals surface area contributed by atoms with Crippen LogP contribution in [0.2, 0.25) is 0 Å². The Labute approximate surface area is 117 Å². The molecule has 1 atom stereocenters. The van der Waals surface area contributed by atoms with Crippen LogP contribution in [0.1, 0.15) is 33.6 Å². The van der Waals surface area contributed by atoms with Gasteiger partial charge in [-0.1, -0.05) is 6.92 Å². The molecule has 0 aromatic rings. The first-order valence-electron chi connectivity index (χ1n) is 7.46. The van der Waals surface area contributed by atoms with E-state index < -0.39 is 0 Å². The van der Waals surface area contributed by atoms with Crippen molar-refractivity contribution in [3.63, 3.8) is 0 Å². The molecule has 0 spiro atoms. The van der Waals surface area contributed by atoms with Crippen LogP contribution in [-0.2, 0) is 4.74 Å². The van der Waals surface area contributed by atoms with E-state index in [0.29, 0.717) is 12.6 Å². The fraction of sp³-hybridized carbons (Fsp3) is 0.929. The second-order valence-electron chi connectivity index (χ2n) is 5.12. The number of hydrogen-bond donors (Lipinski definition) is 2. The van der Waals surface area contributed by atoms with Crippen LogP contribution in [0.4, 0.5) is 0 Å². The van der Waals surface area contributed by atoms with Gasteiger partial charge in [0.25, 0.3) is 0 Å². The third-order valence-corrected chi connectivity index (χ3v) is 3.34. The van der Waals surface area contributed by atoms with Crippen molar-refractivity contribution in [2.45, 2.75) is 39.7 Å². The number of guanidine groups is 1. The van der Waals surface area contributed by atoms with Crippen LogP contribution < -0.4 is 5.32 Å².